The monoisotopic (exact) mass is 243 g/mol. The van der Waals surface area contributed by atoms with E-state index < -0.39 is 8.32 Å². The molecular weight excluding hydrogens is 218 g/mol. The molecule has 1 rings (SSSR count). The summed E-state index contributed by atoms with van der Waals surface area (Å²) >= 11 is 0. The molecule has 0 aliphatic carbocycles. The molecule has 1 saturated heterocycles. The van der Waals surface area contributed by atoms with Crippen LogP contribution in [0.4, 0.5) is 0 Å². The van der Waals surface area contributed by atoms with E-state index in [1.54, 1.807) is 0 Å². The predicted molar refractivity (Wildman–Crippen MR) is 68.9 cm³/mol. The van der Waals surface area contributed by atoms with Crippen molar-refractivity contribution in [3.05, 3.63) is 0 Å². The van der Waals surface area contributed by atoms with Crippen molar-refractivity contribution >= 4 is 14.2 Å². The van der Waals surface area contributed by atoms with Crippen LogP contribution in [0, 0.1) is 5.92 Å². The average molecular weight is 243 g/mol. The van der Waals surface area contributed by atoms with Crippen LogP contribution in [-0.4, -0.2) is 26.9 Å². The highest BCUT2D eigenvalue weighted by Crippen LogP contribution is 2.37. The number of β-lactam (4-membered cyclic amide) rings is 1. The van der Waals surface area contributed by atoms with E-state index in [1.807, 2.05) is 0 Å². The van der Waals surface area contributed by atoms with Crippen molar-refractivity contribution in [3.8, 4) is 0 Å². The van der Waals surface area contributed by atoms with Crippen LogP contribution in [0.3, 0.4) is 0 Å². The molecule has 1 unspecified atom stereocenters. The van der Waals surface area contributed by atoms with Crippen molar-refractivity contribution in [2.45, 2.75) is 58.3 Å². The molecule has 0 spiro atoms. The normalized spacial score (nSPS) is 26.2. The minimum atomic E-state index is -1.67. The van der Waals surface area contributed by atoms with Crippen molar-refractivity contribution in [3.63, 3.8) is 0 Å². The van der Waals surface area contributed by atoms with Gasteiger partial charge in [0, 0.05) is 0 Å². The Hall–Kier alpha value is -0.353. The Balaban J connectivity index is 2.44. The van der Waals surface area contributed by atoms with Gasteiger partial charge in [0.25, 0.3) is 0 Å². The molecule has 1 N–H and O–H groups in total. The average Bonchev–Trinajstić information content (AvgIpc) is 2.10. The summed E-state index contributed by atoms with van der Waals surface area (Å²) in [5, 5.41) is 3.16. The lowest BCUT2D eigenvalue weighted by Gasteiger charge is -2.41. The summed E-state index contributed by atoms with van der Waals surface area (Å²) in [5.74, 6) is 0.357. The smallest absolute Gasteiger partial charge is 0.225 e. The van der Waals surface area contributed by atoms with Crippen molar-refractivity contribution < 1.29 is 9.22 Å². The van der Waals surface area contributed by atoms with Gasteiger partial charge in [-0.2, -0.15) is 0 Å². The number of amides is 1. The Morgan fingerprint density at radius 1 is 1.38 bits per heavy atom. The van der Waals surface area contributed by atoms with Crippen LogP contribution in [-0.2, 0) is 9.22 Å². The van der Waals surface area contributed by atoms with E-state index >= 15 is 0 Å². The Bertz CT molecular complexity index is 271. The van der Waals surface area contributed by atoms with E-state index in [0.717, 1.165) is 6.42 Å². The molecule has 1 aliphatic rings. The molecule has 16 heavy (non-hydrogen) atoms. The minimum absolute atomic E-state index is 0.171. The van der Waals surface area contributed by atoms with Crippen molar-refractivity contribution in [2.24, 2.45) is 5.92 Å². The van der Waals surface area contributed by atoms with Gasteiger partial charge in [-0.1, -0.05) is 27.7 Å². The van der Waals surface area contributed by atoms with Gasteiger partial charge in [0.1, 0.15) is 0 Å². The standard InChI is InChI=1S/C12H25NO2Si/c1-7-9-10(13-11(9)14)8-15-16(5,6)12(2,3)4/h9-10H,7-8H2,1-6H3,(H,13,14)/t9?,10-/m1/s1. The fourth-order valence-corrected chi connectivity index (χ4v) is 2.65. The molecule has 0 saturated carbocycles. The zero-order valence-electron chi connectivity index (χ0n) is 11.4. The van der Waals surface area contributed by atoms with Gasteiger partial charge in [-0.3, -0.25) is 4.79 Å². The summed E-state index contributed by atoms with van der Waals surface area (Å²) in [6.07, 6.45) is 0.914. The molecule has 1 aliphatic heterocycles. The first-order valence-corrected chi connectivity index (χ1v) is 9.04. The Kier molecular flexibility index (Phi) is 3.85. The highest BCUT2D eigenvalue weighted by molar-refractivity contribution is 6.74. The van der Waals surface area contributed by atoms with Crippen LogP contribution in [0.5, 0.6) is 0 Å². The van der Waals surface area contributed by atoms with Gasteiger partial charge in [0.05, 0.1) is 18.6 Å². The second-order valence-electron chi connectivity index (χ2n) is 6.20. The Labute approximate surface area is 100 Å². The molecule has 0 bridgehead atoms. The number of carbonyl (C=O) groups is 1. The number of hydrogen-bond acceptors (Lipinski definition) is 2. The quantitative estimate of drug-likeness (QED) is 0.609. The minimum Gasteiger partial charge on any atom is -0.415 e. The summed E-state index contributed by atoms with van der Waals surface area (Å²) in [4.78, 5) is 11.2. The summed E-state index contributed by atoms with van der Waals surface area (Å²) in [5.41, 5.74) is 0. The van der Waals surface area contributed by atoms with E-state index in [4.69, 9.17) is 4.43 Å². The van der Waals surface area contributed by atoms with E-state index in [9.17, 15) is 4.79 Å². The second-order valence-corrected chi connectivity index (χ2v) is 11.0. The van der Waals surface area contributed by atoms with Crippen molar-refractivity contribution in [1.29, 1.82) is 0 Å². The lowest BCUT2D eigenvalue weighted by atomic mass is 9.89. The topological polar surface area (TPSA) is 38.3 Å². The fraction of sp³-hybridized carbons (Fsp3) is 0.917. The Morgan fingerprint density at radius 3 is 2.31 bits per heavy atom. The predicted octanol–water partition coefficient (Wildman–Crippen LogP) is 2.53. The molecule has 0 radical (unpaired) electrons. The van der Waals surface area contributed by atoms with Crippen molar-refractivity contribution in [2.75, 3.05) is 6.61 Å². The van der Waals surface area contributed by atoms with Gasteiger partial charge in [0.2, 0.25) is 5.91 Å². The highest BCUT2D eigenvalue weighted by atomic mass is 28.4. The fourth-order valence-electron chi connectivity index (χ4n) is 1.62. The Morgan fingerprint density at radius 2 is 1.94 bits per heavy atom. The first-order chi connectivity index (χ1) is 7.19. The van der Waals surface area contributed by atoms with Gasteiger partial charge >= 0.3 is 0 Å². The van der Waals surface area contributed by atoms with E-state index in [2.05, 4.69) is 46.1 Å². The maximum Gasteiger partial charge on any atom is 0.225 e. The molecule has 1 amide bonds. The maximum atomic E-state index is 11.2. The van der Waals surface area contributed by atoms with Crippen LogP contribution in [0.2, 0.25) is 18.1 Å². The van der Waals surface area contributed by atoms with E-state index in [-0.39, 0.29) is 22.9 Å². The third-order valence-corrected chi connectivity index (χ3v) is 8.52. The zero-order chi connectivity index (χ0) is 12.6. The molecule has 94 valence electrons. The van der Waals surface area contributed by atoms with Crippen molar-refractivity contribution in [1.82, 2.24) is 5.32 Å². The lowest BCUT2D eigenvalue weighted by molar-refractivity contribution is -0.136. The first kappa shape index (κ1) is 13.7. The third-order valence-electron chi connectivity index (χ3n) is 4.02. The van der Waals surface area contributed by atoms with Gasteiger partial charge in [-0.05, 0) is 24.6 Å². The molecular formula is C12H25NO2Si. The number of hydrogen-bond donors (Lipinski definition) is 1. The van der Waals surface area contributed by atoms with E-state index in [0.29, 0.717) is 6.61 Å². The van der Waals surface area contributed by atoms with Crippen LogP contribution < -0.4 is 5.32 Å². The van der Waals surface area contributed by atoms with Gasteiger partial charge in [0.15, 0.2) is 8.32 Å². The molecule has 3 nitrogen and oxygen atoms in total. The van der Waals surface area contributed by atoms with Crippen LogP contribution >= 0.6 is 0 Å². The zero-order valence-corrected chi connectivity index (χ0v) is 12.4. The number of carbonyl (C=O) groups excluding carboxylic acids is 1. The largest absolute Gasteiger partial charge is 0.415 e. The van der Waals surface area contributed by atoms with Crippen LogP contribution in [0.25, 0.3) is 0 Å². The summed E-state index contributed by atoms with van der Waals surface area (Å²) < 4.78 is 6.10. The number of rotatable bonds is 4. The maximum absolute atomic E-state index is 11.2. The summed E-state index contributed by atoms with van der Waals surface area (Å²) in [6.45, 7) is 13.9. The molecule has 2 atom stereocenters. The molecule has 0 aromatic heterocycles. The molecule has 0 aromatic carbocycles. The highest BCUT2D eigenvalue weighted by Gasteiger charge is 2.42. The SMILES string of the molecule is CCC1C(=O)N[C@@H]1CO[Si](C)(C)C(C)(C)C. The molecule has 0 aromatic rings. The molecule has 1 fully saturated rings. The van der Waals surface area contributed by atoms with Crippen LogP contribution in [0.15, 0.2) is 0 Å². The first-order valence-electron chi connectivity index (χ1n) is 6.13. The third kappa shape index (κ3) is 2.66. The van der Waals surface area contributed by atoms with Gasteiger partial charge in [-0.25, -0.2) is 0 Å². The summed E-state index contributed by atoms with van der Waals surface area (Å²) in [7, 11) is -1.67. The van der Waals surface area contributed by atoms with E-state index in [1.165, 1.54) is 0 Å². The molecule has 4 heteroatoms. The van der Waals surface area contributed by atoms with Gasteiger partial charge in [-0.15, -0.1) is 0 Å². The summed E-state index contributed by atoms with van der Waals surface area (Å²) in [6, 6.07) is 0.242. The number of nitrogens with one attached hydrogen (secondary N) is 1. The van der Waals surface area contributed by atoms with Gasteiger partial charge < -0.3 is 9.74 Å². The van der Waals surface area contributed by atoms with Crippen LogP contribution in [0.1, 0.15) is 34.1 Å². The molecule has 1 heterocycles. The lowest BCUT2D eigenvalue weighted by Crippen LogP contribution is -2.61. The second kappa shape index (κ2) is 4.49.